The van der Waals surface area contributed by atoms with Gasteiger partial charge in [-0.1, -0.05) is 0 Å². The van der Waals surface area contributed by atoms with E-state index < -0.39 is 0 Å². The molecule has 0 atom stereocenters. The van der Waals surface area contributed by atoms with Gasteiger partial charge in [-0.3, -0.25) is 0 Å². The molecule has 0 aromatic heterocycles. The van der Waals surface area contributed by atoms with E-state index in [1.165, 1.54) is 25.7 Å². The summed E-state index contributed by atoms with van der Waals surface area (Å²) in [6.07, 6.45) is 5.91. The van der Waals surface area contributed by atoms with Gasteiger partial charge in [0.1, 0.15) is 0 Å². The predicted octanol–water partition coefficient (Wildman–Crippen LogP) is 1.80. The summed E-state index contributed by atoms with van der Waals surface area (Å²) in [4.78, 5) is 0. The van der Waals surface area contributed by atoms with Crippen LogP contribution in [0.1, 0.15) is 25.7 Å². The Morgan fingerprint density at radius 3 is 1.60 bits per heavy atom. The molecule has 2 heteroatoms. The molecule has 0 aliphatic heterocycles. The maximum atomic E-state index is 5.65. The maximum Gasteiger partial charge on any atom is -0.00436 e. The molecule has 2 bridgehead atoms. The lowest BCUT2D eigenvalue weighted by molar-refractivity contribution is 0.417. The molecule has 60 valence electrons. The fourth-order valence-corrected chi connectivity index (χ4v) is 2.77. The second-order valence-corrected chi connectivity index (χ2v) is 3.57. The summed E-state index contributed by atoms with van der Waals surface area (Å²) in [5.74, 6) is 2.98. The van der Waals surface area contributed by atoms with Gasteiger partial charge in [0.2, 0.25) is 0 Å². The summed E-state index contributed by atoms with van der Waals surface area (Å²) in [6, 6.07) is 0. The maximum absolute atomic E-state index is 5.65. The molecule has 0 spiro atoms. The number of nitrogens with two attached hydrogens (primary N) is 1. The Bertz CT molecular complexity index is 95.8. The molecule has 10 heavy (non-hydrogen) atoms. The Balaban J connectivity index is 0.000000500. The Morgan fingerprint density at radius 1 is 1.00 bits per heavy atom. The lowest BCUT2D eigenvalue weighted by Crippen LogP contribution is -2.17. The van der Waals surface area contributed by atoms with E-state index in [9.17, 15) is 0 Å². The van der Waals surface area contributed by atoms with Crippen LogP contribution in [0.15, 0.2) is 0 Å². The fourth-order valence-electron chi connectivity index (χ4n) is 2.77. The van der Waals surface area contributed by atoms with Crippen molar-refractivity contribution in [1.82, 2.24) is 0 Å². The number of rotatable bonds is 1. The molecule has 0 radical (unpaired) electrons. The van der Waals surface area contributed by atoms with Crippen molar-refractivity contribution in [2.45, 2.75) is 25.7 Å². The van der Waals surface area contributed by atoms with Crippen molar-refractivity contribution < 1.29 is 0 Å². The lowest BCUT2D eigenvalue weighted by atomic mass is 9.99. The van der Waals surface area contributed by atoms with E-state index in [1.807, 2.05) is 0 Å². The van der Waals surface area contributed by atoms with E-state index in [4.69, 9.17) is 5.73 Å². The van der Waals surface area contributed by atoms with Crippen LogP contribution in [0.4, 0.5) is 0 Å². The van der Waals surface area contributed by atoms with Gasteiger partial charge in [-0.2, -0.15) is 0 Å². The van der Waals surface area contributed by atoms with Crippen LogP contribution in [-0.4, -0.2) is 6.54 Å². The first-order valence-corrected chi connectivity index (χ1v) is 4.12. The molecule has 0 aromatic rings. The summed E-state index contributed by atoms with van der Waals surface area (Å²) in [5.41, 5.74) is 5.65. The van der Waals surface area contributed by atoms with E-state index in [-0.39, 0.29) is 12.4 Å². The predicted molar refractivity (Wildman–Crippen MR) is 45.2 cm³/mol. The Labute approximate surface area is 68.8 Å². The third-order valence-electron chi connectivity index (χ3n) is 3.30. The highest BCUT2D eigenvalue weighted by Crippen LogP contribution is 2.48. The van der Waals surface area contributed by atoms with Gasteiger partial charge in [0.05, 0.1) is 0 Å². The summed E-state index contributed by atoms with van der Waals surface area (Å²) >= 11 is 0. The molecule has 0 saturated heterocycles. The van der Waals surface area contributed by atoms with Crippen molar-refractivity contribution in [3.05, 3.63) is 0 Å². The Kier molecular flexibility index (Phi) is 2.59. The van der Waals surface area contributed by atoms with Crippen LogP contribution in [0.25, 0.3) is 0 Å². The van der Waals surface area contributed by atoms with Crippen molar-refractivity contribution in [2.75, 3.05) is 6.54 Å². The average Bonchev–Trinajstić information content (AvgIpc) is 2.44. The van der Waals surface area contributed by atoms with Crippen LogP contribution in [0.2, 0.25) is 0 Å². The molecular weight excluding hydrogens is 146 g/mol. The normalized spacial score (nSPS) is 43.5. The minimum Gasteiger partial charge on any atom is -0.330 e. The highest BCUT2D eigenvalue weighted by Gasteiger charge is 2.40. The first-order chi connectivity index (χ1) is 4.42. The van der Waals surface area contributed by atoms with Gasteiger partial charge in [-0.05, 0) is 50.0 Å². The number of hydrogen-bond acceptors (Lipinski definition) is 1. The zero-order valence-electron chi connectivity index (χ0n) is 6.25. The average molecular weight is 162 g/mol. The summed E-state index contributed by atoms with van der Waals surface area (Å²) < 4.78 is 0. The number of halogens is 1. The largest absolute Gasteiger partial charge is 0.330 e. The lowest BCUT2D eigenvalue weighted by Gasteiger charge is -2.10. The molecule has 1 nitrogen and oxygen atoms in total. The molecule has 2 saturated carbocycles. The van der Waals surface area contributed by atoms with E-state index in [2.05, 4.69) is 0 Å². The number of fused-ring (bicyclic) bond motifs is 2. The summed E-state index contributed by atoms with van der Waals surface area (Å²) in [7, 11) is 0. The van der Waals surface area contributed by atoms with Crippen LogP contribution >= 0.6 is 12.4 Å². The smallest absolute Gasteiger partial charge is 0.00436 e. The van der Waals surface area contributed by atoms with E-state index >= 15 is 0 Å². The van der Waals surface area contributed by atoms with Crippen LogP contribution in [0.3, 0.4) is 0 Å². The van der Waals surface area contributed by atoms with Gasteiger partial charge in [0.25, 0.3) is 0 Å². The Hall–Kier alpha value is 0.250. The number of hydrogen-bond donors (Lipinski definition) is 1. The van der Waals surface area contributed by atoms with Crippen molar-refractivity contribution in [3.63, 3.8) is 0 Å². The fraction of sp³-hybridized carbons (Fsp3) is 1.00. The molecule has 2 aliphatic rings. The monoisotopic (exact) mass is 161 g/mol. The van der Waals surface area contributed by atoms with Crippen LogP contribution in [0.5, 0.6) is 0 Å². The van der Waals surface area contributed by atoms with E-state index in [0.29, 0.717) is 0 Å². The second-order valence-electron chi connectivity index (χ2n) is 3.57. The molecule has 2 aliphatic carbocycles. The summed E-state index contributed by atoms with van der Waals surface area (Å²) in [5, 5.41) is 0. The van der Waals surface area contributed by atoms with Gasteiger partial charge < -0.3 is 5.73 Å². The topological polar surface area (TPSA) is 26.0 Å². The molecular formula is C8H16ClN. The van der Waals surface area contributed by atoms with Crippen molar-refractivity contribution >= 4 is 12.4 Å². The van der Waals surface area contributed by atoms with Crippen LogP contribution < -0.4 is 5.73 Å². The van der Waals surface area contributed by atoms with Crippen LogP contribution in [-0.2, 0) is 0 Å². The third-order valence-corrected chi connectivity index (χ3v) is 3.30. The first-order valence-electron chi connectivity index (χ1n) is 4.12. The third kappa shape index (κ3) is 1.06. The van der Waals surface area contributed by atoms with Gasteiger partial charge in [0, 0.05) is 0 Å². The SMILES string of the molecule is Cl.NCC1C2CCC1CC2. The van der Waals surface area contributed by atoms with Crippen LogP contribution in [0, 0.1) is 17.8 Å². The molecule has 0 aromatic carbocycles. The molecule has 2 rings (SSSR count). The van der Waals surface area contributed by atoms with Crippen molar-refractivity contribution in [1.29, 1.82) is 0 Å². The van der Waals surface area contributed by atoms with Gasteiger partial charge >= 0.3 is 0 Å². The minimum atomic E-state index is 0. The standard InChI is InChI=1S/C8H15N.ClH/c9-5-8-6-1-2-7(8)4-3-6;/h6-8H,1-5,9H2;1H. The van der Waals surface area contributed by atoms with E-state index in [0.717, 1.165) is 24.3 Å². The van der Waals surface area contributed by atoms with Crippen molar-refractivity contribution in [2.24, 2.45) is 23.5 Å². The zero-order chi connectivity index (χ0) is 6.27. The van der Waals surface area contributed by atoms with Gasteiger partial charge in [-0.15, -0.1) is 12.4 Å². The molecule has 0 amide bonds. The van der Waals surface area contributed by atoms with Gasteiger partial charge in [0.15, 0.2) is 0 Å². The highest BCUT2D eigenvalue weighted by atomic mass is 35.5. The molecule has 0 unspecified atom stereocenters. The first kappa shape index (κ1) is 8.35. The zero-order valence-corrected chi connectivity index (χ0v) is 7.07. The minimum absolute atomic E-state index is 0. The van der Waals surface area contributed by atoms with Gasteiger partial charge in [-0.25, -0.2) is 0 Å². The molecule has 0 heterocycles. The molecule has 2 fully saturated rings. The highest BCUT2D eigenvalue weighted by molar-refractivity contribution is 5.85. The summed E-state index contributed by atoms with van der Waals surface area (Å²) in [6.45, 7) is 0.954. The van der Waals surface area contributed by atoms with Crippen molar-refractivity contribution in [3.8, 4) is 0 Å². The molecule has 2 N–H and O–H groups in total. The Morgan fingerprint density at radius 2 is 1.40 bits per heavy atom. The quantitative estimate of drug-likeness (QED) is 0.624. The second kappa shape index (κ2) is 3.10. The van der Waals surface area contributed by atoms with E-state index in [1.54, 1.807) is 0 Å².